The van der Waals surface area contributed by atoms with E-state index in [0.29, 0.717) is 17.7 Å². The Labute approximate surface area is 122 Å². The van der Waals surface area contributed by atoms with Gasteiger partial charge >= 0.3 is 5.97 Å². The second kappa shape index (κ2) is 6.35. The number of aromatic nitrogens is 2. The van der Waals surface area contributed by atoms with E-state index in [0.717, 1.165) is 18.4 Å². The molecule has 0 fully saturated rings. The van der Waals surface area contributed by atoms with E-state index >= 15 is 0 Å². The number of carboxylic acid groups (broad SMARTS) is 1. The lowest BCUT2D eigenvalue weighted by Crippen LogP contribution is -2.29. The highest BCUT2D eigenvalue weighted by molar-refractivity contribution is 5.95. The third kappa shape index (κ3) is 3.02. The molecule has 0 atom stereocenters. The van der Waals surface area contributed by atoms with Crippen molar-refractivity contribution in [2.75, 3.05) is 0 Å². The molecule has 1 heterocycles. The van der Waals surface area contributed by atoms with Crippen LogP contribution in [0, 0.1) is 0 Å². The average molecular weight is 286 g/mol. The predicted octanol–water partition coefficient (Wildman–Crippen LogP) is 2.58. The summed E-state index contributed by atoms with van der Waals surface area (Å²) < 4.78 is 1.20. The van der Waals surface area contributed by atoms with E-state index in [2.05, 4.69) is 5.10 Å². The smallest absolute Gasteiger partial charge is 0.342 e. The van der Waals surface area contributed by atoms with Crippen molar-refractivity contribution < 1.29 is 9.90 Å². The summed E-state index contributed by atoms with van der Waals surface area (Å²) in [7, 11) is 0. The van der Waals surface area contributed by atoms with Crippen LogP contribution in [0.25, 0.3) is 11.1 Å². The Morgan fingerprint density at radius 1 is 1.24 bits per heavy atom. The Bertz CT molecular complexity index is 702. The van der Waals surface area contributed by atoms with Crippen LogP contribution in [0.4, 0.5) is 0 Å². The first-order valence-corrected chi connectivity index (χ1v) is 7.01. The monoisotopic (exact) mass is 286 g/mol. The van der Waals surface area contributed by atoms with Crippen molar-refractivity contribution in [3.05, 3.63) is 51.9 Å². The second-order valence-electron chi connectivity index (χ2n) is 4.82. The highest BCUT2D eigenvalue weighted by Gasteiger charge is 2.18. The lowest BCUT2D eigenvalue weighted by molar-refractivity contribution is 0.0694. The molecule has 21 heavy (non-hydrogen) atoms. The van der Waals surface area contributed by atoms with Gasteiger partial charge in [0.15, 0.2) is 0 Å². The minimum atomic E-state index is -1.22. The molecular formula is C16H18N2O3. The fourth-order valence-corrected chi connectivity index (χ4v) is 2.21. The van der Waals surface area contributed by atoms with Gasteiger partial charge in [0.25, 0.3) is 5.56 Å². The van der Waals surface area contributed by atoms with E-state index in [4.69, 9.17) is 0 Å². The Morgan fingerprint density at radius 3 is 2.43 bits per heavy atom. The Hall–Kier alpha value is -2.43. The minimum Gasteiger partial charge on any atom is -0.477 e. The van der Waals surface area contributed by atoms with E-state index in [1.165, 1.54) is 10.9 Å². The SMILES string of the molecule is CCCn1ncc(-c2ccc(CC)cc2)c(C(=O)O)c1=O. The molecule has 1 aromatic carbocycles. The number of hydrogen-bond donors (Lipinski definition) is 1. The molecule has 110 valence electrons. The zero-order chi connectivity index (χ0) is 15.4. The molecule has 0 radical (unpaired) electrons. The van der Waals surface area contributed by atoms with Crippen LogP contribution < -0.4 is 5.56 Å². The Morgan fingerprint density at radius 2 is 1.90 bits per heavy atom. The molecule has 1 N–H and O–H groups in total. The largest absolute Gasteiger partial charge is 0.477 e. The van der Waals surface area contributed by atoms with Crippen molar-refractivity contribution in [3.63, 3.8) is 0 Å². The summed E-state index contributed by atoms with van der Waals surface area (Å²) in [5.74, 6) is -1.22. The second-order valence-corrected chi connectivity index (χ2v) is 4.82. The van der Waals surface area contributed by atoms with Gasteiger partial charge in [0, 0.05) is 12.1 Å². The molecule has 0 spiro atoms. The summed E-state index contributed by atoms with van der Waals surface area (Å²) in [5, 5.41) is 13.4. The number of hydrogen-bond acceptors (Lipinski definition) is 3. The van der Waals surface area contributed by atoms with Crippen molar-refractivity contribution >= 4 is 5.97 Å². The molecule has 0 saturated heterocycles. The Balaban J connectivity index is 2.59. The maximum Gasteiger partial charge on any atom is 0.342 e. The van der Waals surface area contributed by atoms with Gasteiger partial charge in [0.1, 0.15) is 5.56 Å². The van der Waals surface area contributed by atoms with Crippen molar-refractivity contribution in [3.8, 4) is 11.1 Å². The lowest BCUT2D eigenvalue weighted by atomic mass is 10.0. The van der Waals surface area contributed by atoms with Gasteiger partial charge in [-0.15, -0.1) is 0 Å². The number of aromatic carboxylic acids is 1. The Kier molecular flexibility index (Phi) is 4.52. The normalized spacial score (nSPS) is 10.6. The van der Waals surface area contributed by atoms with Crippen LogP contribution in [0.2, 0.25) is 0 Å². The maximum atomic E-state index is 12.2. The van der Waals surface area contributed by atoms with Crippen molar-refractivity contribution in [2.45, 2.75) is 33.2 Å². The summed E-state index contributed by atoms with van der Waals surface area (Å²) in [6.45, 7) is 4.37. The van der Waals surface area contributed by atoms with Crippen LogP contribution in [0.5, 0.6) is 0 Å². The molecule has 5 nitrogen and oxygen atoms in total. The van der Waals surface area contributed by atoms with Crippen molar-refractivity contribution in [1.29, 1.82) is 0 Å². The van der Waals surface area contributed by atoms with E-state index in [1.807, 2.05) is 38.1 Å². The van der Waals surface area contributed by atoms with Crippen LogP contribution in [0.3, 0.4) is 0 Å². The number of carboxylic acids is 1. The van der Waals surface area contributed by atoms with Gasteiger partial charge in [-0.1, -0.05) is 38.1 Å². The highest BCUT2D eigenvalue weighted by atomic mass is 16.4. The minimum absolute atomic E-state index is 0.220. The number of carbonyl (C=O) groups is 1. The number of nitrogens with zero attached hydrogens (tertiary/aromatic N) is 2. The summed E-state index contributed by atoms with van der Waals surface area (Å²) in [5.41, 5.74) is 1.44. The summed E-state index contributed by atoms with van der Waals surface area (Å²) in [4.78, 5) is 23.7. The molecule has 0 saturated carbocycles. The van der Waals surface area contributed by atoms with Gasteiger partial charge in [0.05, 0.1) is 6.20 Å². The summed E-state index contributed by atoms with van der Waals surface area (Å²) in [6.07, 6.45) is 3.08. The van der Waals surface area contributed by atoms with Crippen LogP contribution in [-0.2, 0) is 13.0 Å². The molecule has 0 unspecified atom stereocenters. The molecule has 2 aromatic rings. The summed E-state index contributed by atoms with van der Waals surface area (Å²) >= 11 is 0. The topological polar surface area (TPSA) is 72.2 Å². The zero-order valence-corrected chi connectivity index (χ0v) is 12.2. The fraction of sp³-hybridized carbons (Fsp3) is 0.312. The zero-order valence-electron chi connectivity index (χ0n) is 12.2. The maximum absolute atomic E-state index is 12.2. The van der Waals surface area contributed by atoms with Crippen LogP contribution in [0.1, 0.15) is 36.2 Å². The standard InChI is InChI=1S/C16H18N2O3/c1-3-9-18-15(19)14(16(20)21)13(10-17-18)12-7-5-11(4-2)6-8-12/h5-8,10H,3-4,9H2,1-2H3,(H,20,21). The van der Waals surface area contributed by atoms with Crippen LogP contribution >= 0.6 is 0 Å². The third-order valence-electron chi connectivity index (χ3n) is 3.37. The number of rotatable bonds is 5. The van der Waals surface area contributed by atoms with Crippen LogP contribution in [-0.4, -0.2) is 20.9 Å². The van der Waals surface area contributed by atoms with Gasteiger partial charge in [0.2, 0.25) is 0 Å². The highest BCUT2D eigenvalue weighted by Crippen LogP contribution is 2.21. The lowest BCUT2D eigenvalue weighted by Gasteiger charge is -2.09. The molecule has 0 aliphatic carbocycles. The predicted molar refractivity (Wildman–Crippen MR) is 80.6 cm³/mol. The molecule has 0 aliphatic rings. The van der Waals surface area contributed by atoms with E-state index in [-0.39, 0.29) is 5.56 Å². The number of aryl methyl sites for hydroxylation is 2. The van der Waals surface area contributed by atoms with Gasteiger partial charge < -0.3 is 5.11 Å². The van der Waals surface area contributed by atoms with Crippen molar-refractivity contribution in [1.82, 2.24) is 9.78 Å². The first-order chi connectivity index (χ1) is 10.1. The van der Waals surface area contributed by atoms with E-state index < -0.39 is 11.5 Å². The first kappa shape index (κ1) is 15.0. The average Bonchev–Trinajstić information content (AvgIpc) is 2.49. The summed E-state index contributed by atoms with van der Waals surface area (Å²) in [6, 6.07) is 7.51. The van der Waals surface area contributed by atoms with E-state index in [1.54, 1.807) is 0 Å². The first-order valence-electron chi connectivity index (χ1n) is 7.01. The third-order valence-corrected chi connectivity index (χ3v) is 3.37. The fourth-order valence-electron chi connectivity index (χ4n) is 2.21. The van der Waals surface area contributed by atoms with Crippen molar-refractivity contribution in [2.24, 2.45) is 0 Å². The molecule has 0 aliphatic heterocycles. The van der Waals surface area contributed by atoms with E-state index in [9.17, 15) is 14.7 Å². The molecule has 5 heteroatoms. The molecular weight excluding hydrogens is 268 g/mol. The van der Waals surface area contributed by atoms with Gasteiger partial charge in [-0.3, -0.25) is 4.79 Å². The van der Waals surface area contributed by atoms with Crippen LogP contribution in [0.15, 0.2) is 35.3 Å². The molecule has 1 aromatic heterocycles. The molecule has 0 bridgehead atoms. The van der Waals surface area contributed by atoms with Gasteiger partial charge in [-0.2, -0.15) is 5.10 Å². The van der Waals surface area contributed by atoms with Gasteiger partial charge in [-0.25, -0.2) is 9.48 Å². The number of benzene rings is 1. The van der Waals surface area contributed by atoms with Gasteiger partial charge in [-0.05, 0) is 24.0 Å². The molecule has 0 amide bonds. The molecule has 2 rings (SSSR count). The quantitative estimate of drug-likeness (QED) is 0.917.